The summed E-state index contributed by atoms with van der Waals surface area (Å²) in [6.07, 6.45) is 9.55. The summed E-state index contributed by atoms with van der Waals surface area (Å²) < 4.78 is 0. The Morgan fingerprint density at radius 3 is 2.42 bits per heavy atom. The van der Waals surface area contributed by atoms with Gasteiger partial charge in [0.2, 0.25) is 0 Å². The summed E-state index contributed by atoms with van der Waals surface area (Å²) in [6.45, 7) is 4.47. The van der Waals surface area contributed by atoms with E-state index in [0.29, 0.717) is 12.0 Å². The largest absolute Gasteiger partial charge is 0.367 e. The maximum atomic E-state index is 4.62. The normalized spacial score (nSPS) is 16.1. The first-order chi connectivity index (χ1) is 12.7. The number of thiophene rings is 1. The molecule has 1 aliphatic carbocycles. The highest BCUT2D eigenvalue weighted by Gasteiger charge is 2.17. The molecule has 4 heteroatoms. The number of benzene rings is 1. The summed E-state index contributed by atoms with van der Waals surface area (Å²) in [6, 6.07) is 9.49. The summed E-state index contributed by atoms with van der Waals surface area (Å²) >= 11 is 1.71. The van der Waals surface area contributed by atoms with Gasteiger partial charge in [0.25, 0.3) is 0 Å². The van der Waals surface area contributed by atoms with Crippen molar-refractivity contribution in [2.75, 3.05) is 5.32 Å². The molecule has 0 amide bonds. The molecule has 1 saturated carbocycles. The standard InChI is InChI=1S/C22H27N3S/c1-15(2)16-9-11-17(12-10-16)19-13-26-22-20(19)21(23-14-24-22)25-18-7-5-3-4-6-8-18/h9-15,18H,3-8H2,1-2H3,(H,23,24,25). The van der Waals surface area contributed by atoms with Crippen LogP contribution in [0.5, 0.6) is 0 Å². The number of nitrogens with one attached hydrogen (secondary N) is 1. The van der Waals surface area contributed by atoms with E-state index in [1.165, 1.54) is 60.6 Å². The van der Waals surface area contributed by atoms with E-state index in [2.05, 4.69) is 58.8 Å². The van der Waals surface area contributed by atoms with Gasteiger partial charge in [-0.3, -0.25) is 0 Å². The lowest BCUT2D eigenvalue weighted by molar-refractivity contribution is 0.618. The third-order valence-corrected chi connectivity index (χ3v) is 6.34. The van der Waals surface area contributed by atoms with Crippen molar-refractivity contribution in [3.8, 4) is 11.1 Å². The molecule has 1 aromatic carbocycles. The Hall–Kier alpha value is -1.94. The molecule has 0 aliphatic heterocycles. The van der Waals surface area contributed by atoms with E-state index in [0.717, 1.165) is 10.6 Å². The Morgan fingerprint density at radius 2 is 1.73 bits per heavy atom. The zero-order chi connectivity index (χ0) is 17.9. The Labute approximate surface area is 159 Å². The third kappa shape index (κ3) is 3.61. The van der Waals surface area contributed by atoms with E-state index < -0.39 is 0 Å². The first-order valence-corrected chi connectivity index (χ1v) is 10.7. The van der Waals surface area contributed by atoms with Crippen LogP contribution < -0.4 is 5.32 Å². The van der Waals surface area contributed by atoms with Crippen LogP contribution in [-0.2, 0) is 0 Å². The summed E-state index contributed by atoms with van der Waals surface area (Å²) in [4.78, 5) is 10.2. The zero-order valence-corrected chi connectivity index (χ0v) is 16.5. The molecule has 3 nitrogen and oxygen atoms in total. The summed E-state index contributed by atoms with van der Waals surface area (Å²) in [5, 5.41) is 7.15. The number of hydrogen-bond acceptors (Lipinski definition) is 4. The second-order valence-electron chi connectivity index (χ2n) is 7.66. The van der Waals surface area contributed by atoms with Gasteiger partial charge in [0, 0.05) is 17.0 Å². The molecule has 0 spiro atoms. The quantitative estimate of drug-likeness (QED) is 0.528. The fourth-order valence-electron chi connectivity index (χ4n) is 3.86. The van der Waals surface area contributed by atoms with E-state index in [1.807, 2.05) is 0 Å². The van der Waals surface area contributed by atoms with E-state index in [4.69, 9.17) is 0 Å². The molecule has 2 heterocycles. The minimum atomic E-state index is 0.534. The van der Waals surface area contributed by atoms with Crippen LogP contribution in [0.3, 0.4) is 0 Å². The number of rotatable bonds is 4. The molecular weight excluding hydrogens is 338 g/mol. The van der Waals surface area contributed by atoms with Gasteiger partial charge in [0.1, 0.15) is 17.0 Å². The van der Waals surface area contributed by atoms with Gasteiger partial charge in [-0.2, -0.15) is 0 Å². The molecule has 26 heavy (non-hydrogen) atoms. The van der Waals surface area contributed by atoms with Crippen molar-refractivity contribution < 1.29 is 0 Å². The molecule has 0 bridgehead atoms. The SMILES string of the molecule is CC(C)c1ccc(-c2csc3ncnc(NC4CCCCCC4)c23)cc1. The number of fused-ring (bicyclic) bond motifs is 1. The van der Waals surface area contributed by atoms with Gasteiger partial charge < -0.3 is 5.32 Å². The van der Waals surface area contributed by atoms with Crippen molar-refractivity contribution in [1.29, 1.82) is 0 Å². The molecule has 0 unspecified atom stereocenters. The molecule has 0 atom stereocenters. The monoisotopic (exact) mass is 365 g/mol. The highest BCUT2D eigenvalue weighted by atomic mass is 32.1. The van der Waals surface area contributed by atoms with E-state index in [1.54, 1.807) is 17.7 Å². The highest BCUT2D eigenvalue weighted by Crippen LogP contribution is 2.37. The second-order valence-corrected chi connectivity index (χ2v) is 8.52. The van der Waals surface area contributed by atoms with Crippen molar-refractivity contribution in [1.82, 2.24) is 9.97 Å². The summed E-state index contributed by atoms with van der Waals surface area (Å²) in [7, 11) is 0. The topological polar surface area (TPSA) is 37.8 Å². The third-order valence-electron chi connectivity index (χ3n) is 5.45. The minimum Gasteiger partial charge on any atom is -0.367 e. The summed E-state index contributed by atoms with van der Waals surface area (Å²) in [5.74, 6) is 1.56. The van der Waals surface area contributed by atoms with E-state index in [9.17, 15) is 0 Å². The van der Waals surface area contributed by atoms with Crippen molar-refractivity contribution in [2.45, 2.75) is 64.3 Å². The molecule has 3 aromatic rings. The number of nitrogens with zero attached hydrogens (tertiary/aromatic N) is 2. The van der Waals surface area contributed by atoms with Crippen molar-refractivity contribution in [2.24, 2.45) is 0 Å². The molecule has 0 saturated heterocycles. The van der Waals surface area contributed by atoms with Crippen molar-refractivity contribution >= 4 is 27.4 Å². The lowest BCUT2D eigenvalue weighted by Crippen LogP contribution is -2.19. The maximum absolute atomic E-state index is 4.62. The number of aromatic nitrogens is 2. The molecule has 4 rings (SSSR count). The molecule has 1 fully saturated rings. The second kappa shape index (κ2) is 7.75. The van der Waals surface area contributed by atoms with Crippen molar-refractivity contribution in [3.05, 3.63) is 41.5 Å². The average Bonchev–Trinajstić information content (AvgIpc) is 2.93. The van der Waals surface area contributed by atoms with Gasteiger partial charge in [0.05, 0.1) is 5.39 Å². The zero-order valence-electron chi connectivity index (χ0n) is 15.7. The molecule has 2 aromatic heterocycles. The predicted octanol–water partition coefficient (Wildman–Crippen LogP) is 6.62. The average molecular weight is 366 g/mol. The summed E-state index contributed by atoms with van der Waals surface area (Å²) in [5.41, 5.74) is 3.87. The molecule has 0 radical (unpaired) electrons. The van der Waals surface area contributed by atoms with Crippen LogP contribution in [0.2, 0.25) is 0 Å². The van der Waals surface area contributed by atoms with Crippen LogP contribution in [0.4, 0.5) is 5.82 Å². The number of hydrogen-bond donors (Lipinski definition) is 1. The smallest absolute Gasteiger partial charge is 0.139 e. The van der Waals surface area contributed by atoms with Gasteiger partial charge in [-0.25, -0.2) is 9.97 Å². The Morgan fingerprint density at radius 1 is 1.00 bits per heavy atom. The first-order valence-electron chi connectivity index (χ1n) is 9.81. The lowest BCUT2D eigenvalue weighted by atomic mass is 9.99. The van der Waals surface area contributed by atoms with Crippen molar-refractivity contribution in [3.63, 3.8) is 0 Å². The van der Waals surface area contributed by atoms with Crippen LogP contribution in [0, 0.1) is 0 Å². The van der Waals surface area contributed by atoms with Crippen LogP contribution in [0.15, 0.2) is 36.0 Å². The van der Waals surface area contributed by atoms with E-state index in [-0.39, 0.29) is 0 Å². The maximum Gasteiger partial charge on any atom is 0.139 e. The van der Waals surface area contributed by atoms with Gasteiger partial charge in [-0.05, 0) is 29.9 Å². The van der Waals surface area contributed by atoms with Gasteiger partial charge in [-0.15, -0.1) is 11.3 Å². The lowest BCUT2D eigenvalue weighted by Gasteiger charge is -2.18. The van der Waals surface area contributed by atoms with Gasteiger partial charge in [0.15, 0.2) is 0 Å². The number of anilines is 1. The first kappa shape index (κ1) is 17.5. The molecular formula is C22H27N3S. The van der Waals surface area contributed by atoms with Crippen LogP contribution in [0.25, 0.3) is 21.3 Å². The Bertz CT molecular complexity index is 859. The van der Waals surface area contributed by atoms with Gasteiger partial charge >= 0.3 is 0 Å². The highest BCUT2D eigenvalue weighted by molar-refractivity contribution is 7.17. The molecule has 136 valence electrons. The van der Waals surface area contributed by atoms with Crippen LogP contribution >= 0.6 is 11.3 Å². The van der Waals surface area contributed by atoms with Crippen LogP contribution in [0.1, 0.15) is 63.9 Å². The predicted molar refractivity (Wildman–Crippen MR) is 112 cm³/mol. The Kier molecular flexibility index (Phi) is 5.21. The van der Waals surface area contributed by atoms with Crippen LogP contribution in [-0.4, -0.2) is 16.0 Å². The van der Waals surface area contributed by atoms with E-state index >= 15 is 0 Å². The molecule has 1 aliphatic rings. The molecule has 1 N–H and O–H groups in total. The fourth-order valence-corrected chi connectivity index (χ4v) is 4.78. The van der Waals surface area contributed by atoms with Gasteiger partial charge in [-0.1, -0.05) is 63.8 Å². The fraction of sp³-hybridized carbons (Fsp3) is 0.455. The Balaban J connectivity index is 1.69. The minimum absolute atomic E-state index is 0.534.